The Bertz CT molecular complexity index is 692. The summed E-state index contributed by atoms with van der Waals surface area (Å²) in [6.07, 6.45) is 1.45. The van der Waals surface area contributed by atoms with Crippen LogP contribution in [-0.2, 0) is 9.63 Å². The molecule has 1 N–H and O–H groups in total. The first-order valence-electron chi connectivity index (χ1n) is 6.20. The molecule has 0 aliphatic carbocycles. The second-order valence-corrected chi connectivity index (χ2v) is 5.58. The largest absolute Gasteiger partial charge is 0.386 e. The lowest BCUT2D eigenvalue weighted by molar-refractivity contribution is -0.120. The minimum Gasteiger partial charge on any atom is -0.386 e. The van der Waals surface area contributed by atoms with Crippen LogP contribution in [0.1, 0.15) is 5.56 Å². The van der Waals surface area contributed by atoms with Crippen LogP contribution in [0.15, 0.2) is 52.1 Å². The van der Waals surface area contributed by atoms with Gasteiger partial charge in [-0.05, 0) is 35.9 Å². The maximum Gasteiger partial charge on any atom is 0.265 e. The molecule has 0 atom stereocenters. The molecule has 0 fully saturated rings. The van der Waals surface area contributed by atoms with Crippen molar-refractivity contribution in [2.45, 2.75) is 0 Å². The summed E-state index contributed by atoms with van der Waals surface area (Å²) >= 11 is 8.89. The zero-order valence-corrected chi connectivity index (χ0v) is 13.6. The molecule has 0 unspecified atom stereocenters. The summed E-state index contributed by atoms with van der Waals surface area (Å²) < 4.78 is 14.1. The lowest BCUT2D eigenvalue weighted by atomic mass is 10.2. The molecule has 2 aromatic carbocycles. The summed E-state index contributed by atoms with van der Waals surface area (Å²) in [6.45, 7) is -0.320. The predicted molar refractivity (Wildman–Crippen MR) is 87.7 cm³/mol. The Balaban J connectivity index is 1.81. The van der Waals surface area contributed by atoms with E-state index >= 15 is 0 Å². The first kappa shape index (κ1) is 16.5. The molecule has 0 aliphatic rings. The van der Waals surface area contributed by atoms with Gasteiger partial charge < -0.3 is 10.2 Å². The highest BCUT2D eigenvalue weighted by atomic mass is 79.9. The Labute approximate surface area is 140 Å². The second kappa shape index (κ2) is 7.91. The Hall–Kier alpha value is -1.92. The van der Waals surface area contributed by atoms with Crippen molar-refractivity contribution in [3.63, 3.8) is 0 Å². The summed E-state index contributed by atoms with van der Waals surface area (Å²) in [6, 6.07) is 11.3. The van der Waals surface area contributed by atoms with Gasteiger partial charge in [0.05, 0.1) is 11.9 Å². The third-order valence-corrected chi connectivity index (χ3v) is 3.29. The average molecular weight is 386 g/mol. The van der Waals surface area contributed by atoms with Crippen LogP contribution in [0, 0.1) is 5.82 Å². The van der Waals surface area contributed by atoms with Crippen LogP contribution in [0.5, 0.6) is 0 Å². The third kappa shape index (κ3) is 5.13. The summed E-state index contributed by atoms with van der Waals surface area (Å²) in [7, 11) is 0. The Morgan fingerprint density at radius 2 is 2.05 bits per heavy atom. The molecule has 0 spiro atoms. The van der Waals surface area contributed by atoms with Crippen molar-refractivity contribution in [3.8, 4) is 0 Å². The third-order valence-electron chi connectivity index (χ3n) is 2.55. The molecule has 0 aliphatic heterocycles. The number of nitrogens with zero attached hydrogens (tertiary/aromatic N) is 1. The number of hydrogen-bond donors (Lipinski definition) is 1. The lowest BCUT2D eigenvalue weighted by Crippen LogP contribution is -2.17. The van der Waals surface area contributed by atoms with E-state index in [1.54, 1.807) is 30.3 Å². The highest BCUT2D eigenvalue weighted by Gasteiger charge is 2.07. The quantitative estimate of drug-likeness (QED) is 0.618. The van der Waals surface area contributed by atoms with Gasteiger partial charge in [-0.1, -0.05) is 44.8 Å². The second-order valence-electron chi connectivity index (χ2n) is 4.23. The van der Waals surface area contributed by atoms with Crippen molar-refractivity contribution in [2.24, 2.45) is 5.16 Å². The molecule has 22 heavy (non-hydrogen) atoms. The van der Waals surface area contributed by atoms with Gasteiger partial charge >= 0.3 is 0 Å². The molecule has 0 saturated carbocycles. The standard InChI is InChI=1S/C15H11BrClFN2O2/c16-11-3-6-14(13(18)7-11)20-15(21)9-22-19-8-10-1-4-12(17)5-2-10/h1-8H,9H2,(H,20,21)/b19-8-. The van der Waals surface area contributed by atoms with Gasteiger partial charge in [0.25, 0.3) is 5.91 Å². The number of anilines is 1. The van der Waals surface area contributed by atoms with Gasteiger partial charge in [-0.15, -0.1) is 0 Å². The molecule has 0 radical (unpaired) electrons. The number of benzene rings is 2. The van der Waals surface area contributed by atoms with E-state index < -0.39 is 11.7 Å². The van der Waals surface area contributed by atoms with Gasteiger partial charge in [-0.2, -0.15) is 0 Å². The van der Waals surface area contributed by atoms with Crippen molar-refractivity contribution in [2.75, 3.05) is 11.9 Å². The molecule has 0 heterocycles. The number of carbonyl (C=O) groups excluding carboxylic acids is 1. The fourth-order valence-electron chi connectivity index (χ4n) is 1.52. The van der Waals surface area contributed by atoms with Crippen molar-refractivity contribution >= 4 is 45.3 Å². The van der Waals surface area contributed by atoms with Crippen LogP contribution in [0.3, 0.4) is 0 Å². The molecule has 7 heteroatoms. The topological polar surface area (TPSA) is 50.7 Å². The van der Waals surface area contributed by atoms with Crippen molar-refractivity contribution < 1.29 is 14.0 Å². The fourth-order valence-corrected chi connectivity index (χ4v) is 1.98. The molecule has 114 valence electrons. The van der Waals surface area contributed by atoms with E-state index in [1.807, 2.05) is 0 Å². The predicted octanol–water partition coefficient (Wildman–Crippen LogP) is 4.23. The van der Waals surface area contributed by atoms with Gasteiger partial charge in [-0.25, -0.2) is 4.39 Å². The van der Waals surface area contributed by atoms with Gasteiger partial charge in [0.1, 0.15) is 5.82 Å². The molecule has 0 bridgehead atoms. The van der Waals surface area contributed by atoms with Crippen LogP contribution in [0.25, 0.3) is 0 Å². The van der Waals surface area contributed by atoms with Crippen LogP contribution in [0.2, 0.25) is 5.02 Å². The van der Waals surface area contributed by atoms with E-state index in [2.05, 4.69) is 26.4 Å². The zero-order chi connectivity index (χ0) is 15.9. The van der Waals surface area contributed by atoms with Crippen LogP contribution >= 0.6 is 27.5 Å². The normalized spacial score (nSPS) is 10.7. The van der Waals surface area contributed by atoms with Crippen LogP contribution in [0.4, 0.5) is 10.1 Å². The van der Waals surface area contributed by atoms with E-state index in [4.69, 9.17) is 16.4 Å². The number of nitrogens with one attached hydrogen (secondary N) is 1. The van der Waals surface area contributed by atoms with E-state index in [-0.39, 0.29) is 12.3 Å². The Morgan fingerprint density at radius 3 is 2.73 bits per heavy atom. The van der Waals surface area contributed by atoms with Gasteiger partial charge in [-0.3, -0.25) is 4.79 Å². The maximum absolute atomic E-state index is 13.5. The van der Waals surface area contributed by atoms with Crippen molar-refractivity contribution in [3.05, 3.63) is 63.3 Å². The number of hydrogen-bond acceptors (Lipinski definition) is 3. The maximum atomic E-state index is 13.5. The monoisotopic (exact) mass is 384 g/mol. The SMILES string of the molecule is O=C(CO/N=C\c1ccc(Cl)cc1)Nc1ccc(Br)cc1F. The molecule has 2 rings (SSSR count). The summed E-state index contributed by atoms with van der Waals surface area (Å²) in [4.78, 5) is 16.5. The number of oxime groups is 1. The molecule has 0 saturated heterocycles. The van der Waals surface area contributed by atoms with E-state index in [1.165, 1.54) is 18.3 Å². The highest BCUT2D eigenvalue weighted by Crippen LogP contribution is 2.19. The number of amides is 1. The average Bonchev–Trinajstić information content (AvgIpc) is 2.48. The molecule has 1 amide bonds. The van der Waals surface area contributed by atoms with E-state index in [9.17, 15) is 9.18 Å². The van der Waals surface area contributed by atoms with Gasteiger partial charge in [0, 0.05) is 9.50 Å². The Morgan fingerprint density at radius 1 is 1.32 bits per heavy atom. The minimum atomic E-state index is -0.535. The molecule has 4 nitrogen and oxygen atoms in total. The number of rotatable bonds is 5. The van der Waals surface area contributed by atoms with Gasteiger partial charge in [0.2, 0.25) is 0 Å². The van der Waals surface area contributed by atoms with Crippen molar-refractivity contribution in [1.82, 2.24) is 0 Å². The summed E-state index contributed by atoms with van der Waals surface area (Å²) in [5, 5.41) is 6.67. The summed E-state index contributed by atoms with van der Waals surface area (Å²) in [5.41, 5.74) is 0.863. The molecule has 2 aromatic rings. The first-order valence-corrected chi connectivity index (χ1v) is 7.37. The molecular formula is C15H11BrClFN2O2. The smallest absolute Gasteiger partial charge is 0.265 e. The Kier molecular flexibility index (Phi) is 5.91. The van der Waals surface area contributed by atoms with Crippen LogP contribution in [-0.4, -0.2) is 18.7 Å². The first-order chi connectivity index (χ1) is 10.5. The van der Waals surface area contributed by atoms with E-state index in [0.29, 0.717) is 9.50 Å². The zero-order valence-electron chi connectivity index (χ0n) is 11.2. The van der Waals surface area contributed by atoms with Gasteiger partial charge in [0.15, 0.2) is 6.61 Å². The lowest BCUT2D eigenvalue weighted by Gasteiger charge is -2.05. The number of carbonyl (C=O) groups is 1. The van der Waals surface area contributed by atoms with Crippen molar-refractivity contribution in [1.29, 1.82) is 0 Å². The van der Waals surface area contributed by atoms with E-state index in [0.717, 1.165) is 5.56 Å². The molecule has 0 aromatic heterocycles. The molecular weight excluding hydrogens is 375 g/mol. The fraction of sp³-hybridized carbons (Fsp3) is 0.0667. The summed E-state index contributed by atoms with van der Waals surface area (Å²) in [5.74, 6) is -1.04. The minimum absolute atomic E-state index is 0.0819. The highest BCUT2D eigenvalue weighted by molar-refractivity contribution is 9.10. The van der Waals surface area contributed by atoms with Crippen LogP contribution < -0.4 is 5.32 Å². The number of halogens is 3.